The third-order valence-electron chi connectivity index (χ3n) is 1.42. The van der Waals surface area contributed by atoms with E-state index in [2.05, 4.69) is 6.58 Å². The topological polar surface area (TPSA) is 55.6 Å². The van der Waals surface area contributed by atoms with Crippen molar-refractivity contribution in [3.8, 4) is 0 Å². The standard InChI is InChI=1S/C9H18N2O2/c1-8(2)6-11(3)9(12)7-13-5-4-10/h1,4-7,10H2,2-3H3. The van der Waals surface area contributed by atoms with Crippen LogP contribution in [0.2, 0.25) is 0 Å². The van der Waals surface area contributed by atoms with Gasteiger partial charge < -0.3 is 15.4 Å². The second kappa shape index (κ2) is 6.62. The Morgan fingerprint density at radius 1 is 1.62 bits per heavy atom. The van der Waals surface area contributed by atoms with Gasteiger partial charge in [0, 0.05) is 20.1 Å². The summed E-state index contributed by atoms with van der Waals surface area (Å²) < 4.78 is 5.00. The molecule has 0 saturated heterocycles. The van der Waals surface area contributed by atoms with Crippen molar-refractivity contribution >= 4 is 5.91 Å². The molecule has 0 bridgehead atoms. The molecule has 76 valence electrons. The Morgan fingerprint density at radius 2 is 2.23 bits per heavy atom. The lowest BCUT2D eigenvalue weighted by atomic mass is 10.3. The van der Waals surface area contributed by atoms with Crippen LogP contribution in [0, 0.1) is 0 Å². The SMILES string of the molecule is C=C(C)CN(C)C(=O)COCCN. The Hall–Kier alpha value is -0.870. The van der Waals surface area contributed by atoms with E-state index in [1.807, 2.05) is 6.92 Å². The van der Waals surface area contributed by atoms with E-state index in [0.29, 0.717) is 19.7 Å². The fourth-order valence-corrected chi connectivity index (χ4v) is 0.846. The monoisotopic (exact) mass is 186 g/mol. The van der Waals surface area contributed by atoms with E-state index in [4.69, 9.17) is 10.5 Å². The third kappa shape index (κ3) is 6.31. The number of nitrogens with zero attached hydrogens (tertiary/aromatic N) is 1. The summed E-state index contributed by atoms with van der Waals surface area (Å²) in [5.74, 6) is -0.0450. The summed E-state index contributed by atoms with van der Waals surface area (Å²) in [4.78, 5) is 12.9. The number of nitrogens with two attached hydrogens (primary N) is 1. The van der Waals surface area contributed by atoms with Crippen LogP contribution in [0.1, 0.15) is 6.92 Å². The zero-order chi connectivity index (χ0) is 10.3. The van der Waals surface area contributed by atoms with Gasteiger partial charge in [-0.05, 0) is 6.92 Å². The molecule has 0 atom stereocenters. The maximum Gasteiger partial charge on any atom is 0.248 e. The van der Waals surface area contributed by atoms with Gasteiger partial charge in [0.05, 0.1) is 6.61 Å². The first kappa shape index (κ1) is 12.1. The molecule has 0 unspecified atom stereocenters. The number of hydrogen-bond donors (Lipinski definition) is 1. The van der Waals surface area contributed by atoms with Gasteiger partial charge in [-0.1, -0.05) is 12.2 Å². The van der Waals surface area contributed by atoms with Crippen molar-refractivity contribution in [2.45, 2.75) is 6.92 Å². The molecule has 13 heavy (non-hydrogen) atoms. The molecule has 0 radical (unpaired) electrons. The van der Waals surface area contributed by atoms with E-state index in [0.717, 1.165) is 5.57 Å². The van der Waals surface area contributed by atoms with Crippen molar-refractivity contribution in [1.29, 1.82) is 0 Å². The van der Waals surface area contributed by atoms with Crippen molar-refractivity contribution in [1.82, 2.24) is 4.90 Å². The van der Waals surface area contributed by atoms with E-state index in [9.17, 15) is 4.79 Å². The zero-order valence-corrected chi connectivity index (χ0v) is 8.38. The fourth-order valence-electron chi connectivity index (χ4n) is 0.846. The zero-order valence-electron chi connectivity index (χ0n) is 8.38. The van der Waals surface area contributed by atoms with E-state index in [1.165, 1.54) is 0 Å². The number of ether oxygens (including phenoxy) is 1. The van der Waals surface area contributed by atoms with Crippen LogP contribution in [-0.2, 0) is 9.53 Å². The van der Waals surface area contributed by atoms with Crippen LogP contribution in [-0.4, -0.2) is 44.2 Å². The third-order valence-corrected chi connectivity index (χ3v) is 1.42. The summed E-state index contributed by atoms with van der Waals surface area (Å²) in [6.45, 7) is 7.14. The molecule has 0 aromatic heterocycles. The molecular formula is C9H18N2O2. The molecule has 4 nitrogen and oxygen atoms in total. The maximum absolute atomic E-state index is 11.3. The highest BCUT2D eigenvalue weighted by molar-refractivity contribution is 5.77. The van der Waals surface area contributed by atoms with E-state index in [1.54, 1.807) is 11.9 Å². The normalized spacial score (nSPS) is 9.77. The average molecular weight is 186 g/mol. The van der Waals surface area contributed by atoms with Gasteiger partial charge in [-0.15, -0.1) is 0 Å². The summed E-state index contributed by atoms with van der Waals surface area (Å²) >= 11 is 0. The second-order valence-corrected chi connectivity index (χ2v) is 3.05. The van der Waals surface area contributed by atoms with Crippen LogP contribution in [0.3, 0.4) is 0 Å². The number of rotatable bonds is 6. The van der Waals surface area contributed by atoms with Gasteiger partial charge in [0.15, 0.2) is 0 Å². The molecule has 2 N–H and O–H groups in total. The summed E-state index contributed by atoms with van der Waals surface area (Å²) in [5.41, 5.74) is 6.16. The molecule has 0 heterocycles. The number of carbonyl (C=O) groups is 1. The fraction of sp³-hybridized carbons (Fsp3) is 0.667. The Kier molecular flexibility index (Phi) is 6.18. The molecule has 0 fully saturated rings. The molecule has 0 aromatic carbocycles. The van der Waals surface area contributed by atoms with E-state index in [-0.39, 0.29) is 12.5 Å². The average Bonchev–Trinajstić information content (AvgIpc) is 2.03. The van der Waals surface area contributed by atoms with Gasteiger partial charge in [-0.3, -0.25) is 4.79 Å². The highest BCUT2D eigenvalue weighted by Gasteiger charge is 2.07. The van der Waals surface area contributed by atoms with Gasteiger partial charge in [-0.25, -0.2) is 0 Å². The van der Waals surface area contributed by atoms with Gasteiger partial charge >= 0.3 is 0 Å². The van der Waals surface area contributed by atoms with Crippen LogP contribution >= 0.6 is 0 Å². The molecule has 1 amide bonds. The minimum absolute atomic E-state index is 0.0450. The minimum Gasteiger partial charge on any atom is -0.370 e. The quantitative estimate of drug-likeness (QED) is 0.469. The van der Waals surface area contributed by atoms with Crippen LogP contribution in [0.4, 0.5) is 0 Å². The Balaban J connectivity index is 3.63. The highest BCUT2D eigenvalue weighted by Crippen LogP contribution is 1.93. The largest absolute Gasteiger partial charge is 0.370 e. The second-order valence-electron chi connectivity index (χ2n) is 3.05. The summed E-state index contributed by atoms with van der Waals surface area (Å²) in [6.07, 6.45) is 0. The summed E-state index contributed by atoms with van der Waals surface area (Å²) in [7, 11) is 1.73. The number of amides is 1. The summed E-state index contributed by atoms with van der Waals surface area (Å²) in [6, 6.07) is 0. The Morgan fingerprint density at radius 3 is 2.69 bits per heavy atom. The smallest absolute Gasteiger partial charge is 0.248 e. The molecule has 0 saturated carbocycles. The lowest BCUT2D eigenvalue weighted by Gasteiger charge is -2.16. The van der Waals surface area contributed by atoms with Crippen molar-refractivity contribution in [2.75, 3.05) is 33.4 Å². The highest BCUT2D eigenvalue weighted by atomic mass is 16.5. The van der Waals surface area contributed by atoms with Gasteiger partial charge in [-0.2, -0.15) is 0 Å². The molecular weight excluding hydrogens is 168 g/mol. The molecule has 0 aliphatic heterocycles. The molecule has 0 aliphatic rings. The first-order valence-corrected chi connectivity index (χ1v) is 4.24. The van der Waals surface area contributed by atoms with Crippen molar-refractivity contribution in [3.05, 3.63) is 12.2 Å². The van der Waals surface area contributed by atoms with Crippen LogP contribution in [0.5, 0.6) is 0 Å². The van der Waals surface area contributed by atoms with Crippen LogP contribution in [0.15, 0.2) is 12.2 Å². The molecule has 0 spiro atoms. The van der Waals surface area contributed by atoms with Crippen molar-refractivity contribution in [3.63, 3.8) is 0 Å². The van der Waals surface area contributed by atoms with E-state index >= 15 is 0 Å². The predicted molar refractivity (Wildman–Crippen MR) is 52.3 cm³/mol. The lowest BCUT2D eigenvalue weighted by molar-refractivity contribution is -0.134. The number of hydrogen-bond acceptors (Lipinski definition) is 3. The first-order chi connectivity index (χ1) is 6.07. The number of carbonyl (C=O) groups excluding carboxylic acids is 1. The predicted octanol–water partition coefficient (Wildman–Crippen LogP) is -0.00380. The van der Waals surface area contributed by atoms with Gasteiger partial charge in [0.25, 0.3) is 0 Å². The molecule has 0 rings (SSSR count). The van der Waals surface area contributed by atoms with Gasteiger partial charge in [0.1, 0.15) is 6.61 Å². The van der Waals surface area contributed by atoms with Crippen molar-refractivity contribution in [2.24, 2.45) is 5.73 Å². The summed E-state index contributed by atoms with van der Waals surface area (Å²) in [5, 5.41) is 0. The molecule has 4 heteroatoms. The van der Waals surface area contributed by atoms with E-state index < -0.39 is 0 Å². The lowest BCUT2D eigenvalue weighted by Crippen LogP contribution is -2.32. The number of likely N-dealkylation sites (N-methyl/N-ethyl adjacent to an activating group) is 1. The Bertz CT molecular complexity index is 180. The van der Waals surface area contributed by atoms with Crippen molar-refractivity contribution < 1.29 is 9.53 Å². The maximum atomic E-state index is 11.3. The van der Waals surface area contributed by atoms with Gasteiger partial charge in [0.2, 0.25) is 5.91 Å². The first-order valence-electron chi connectivity index (χ1n) is 4.24. The molecule has 0 aliphatic carbocycles. The van der Waals surface area contributed by atoms with Crippen LogP contribution < -0.4 is 5.73 Å². The van der Waals surface area contributed by atoms with Crippen LogP contribution in [0.25, 0.3) is 0 Å². The molecule has 0 aromatic rings. The minimum atomic E-state index is -0.0450. The Labute approximate surface area is 79.3 Å².